The largest absolute Gasteiger partial charge is 0.369 e. The number of nitrogens with zero attached hydrogens (tertiary/aromatic N) is 1. The summed E-state index contributed by atoms with van der Waals surface area (Å²) in [5, 5.41) is 1.06. The number of carbonyl (C=O) groups is 2. The lowest BCUT2D eigenvalue weighted by Gasteiger charge is -2.31. The van der Waals surface area contributed by atoms with Crippen LogP contribution in [0.5, 0.6) is 0 Å². The number of H-pyrrole nitrogens is 1. The number of fused-ring (bicyclic) bond motifs is 1. The van der Waals surface area contributed by atoms with Crippen LogP contribution in [0.25, 0.3) is 10.9 Å². The molecule has 2 heterocycles. The predicted octanol–water partition coefficient (Wildman–Crippen LogP) is 4.12. The summed E-state index contributed by atoms with van der Waals surface area (Å²) in [5.41, 5.74) is 9.47. The van der Waals surface area contributed by atoms with E-state index in [1.54, 1.807) is 11.0 Å². The van der Waals surface area contributed by atoms with Crippen molar-refractivity contribution in [2.24, 2.45) is 11.7 Å². The summed E-state index contributed by atoms with van der Waals surface area (Å²) >= 11 is 0. The standard InChI is InChI=1S/C25H28FN3O2/c1-2-16-5-4-8-20-22(15-28-24(16)20)21(18-6-3-7-19(26)13-18)14-23(30)29-11-9-17(10-12-29)25(27)31/h3-8,13,15,17,21,28H,2,9-12,14H2,1H3,(H2,27,31). The zero-order valence-electron chi connectivity index (χ0n) is 17.7. The second-order valence-corrected chi connectivity index (χ2v) is 8.31. The summed E-state index contributed by atoms with van der Waals surface area (Å²) in [5.74, 6) is -1.03. The fraction of sp³-hybridized carbons (Fsp3) is 0.360. The molecule has 2 aromatic carbocycles. The van der Waals surface area contributed by atoms with E-state index in [0.717, 1.165) is 28.5 Å². The first kappa shape index (κ1) is 21.1. The molecular formula is C25H28FN3O2. The lowest BCUT2D eigenvalue weighted by molar-refractivity contribution is -0.135. The van der Waals surface area contributed by atoms with E-state index in [0.29, 0.717) is 25.9 Å². The Morgan fingerprint density at radius 1 is 1.19 bits per heavy atom. The van der Waals surface area contributed by atoms with Gasteiger partial charge in [0.2, 0.25) is 11.8 Å². The topological polar surface area (TPSA) is 79.2 Å². The molecule has 1 atom stereocenters. The number of carbonyl (C=O) groups excluding carboxylic acids is 2. The van der Waals surface area contributed by atoms with Gasteiger partial charge in [0.15, 0.2) is 0 Å². The number of hydrogen-bond acceptors (Lipinski definition) is 2. The summed E-state index contributed by atoms with van der Waals surface area (Å²) in [4.78, 5) is 29.8. The molecule has 6 heteroatoms. The maximum Gasteiger partial charge on any atom is 0.223 e. The van der Waals surface area contributed by atoms with Crippen molar-refractivity contribution in [3.63, 3.8) is 0 Å². The van der Waals surface area contributed by atoms with Crippen LogP contribution < -0.4 is 5.73 Å². The number of rotatable bonds is 6. The highest BCUT2D eigenvalue weighted by Crippen LogP contribution is 2.35. The number of piperidine rings is 1. The molecule has 3 aromatic rings. The van der Waals surface area contributed by atoms with Crippen molar-refractivity contribution in [3.05, 3.63) is 71.2 Å². The number of nitrogens with two attached hydrogens (primary N) is 1. The van der Waals surface area contributed by atoms with E-state index in [4.69, 9.17) is 5.73 Å². The molecule has 1 aliphatic heterocycles. The Bertz CT molecular complexity index is 1100. The summed E-state index contributed by atoms with van der Waals surface area (Å²) in [6.07, 6.45) is 4.28. The number of nitrogens with one attached hydrogen (secondary N) is 1. The van der Waals surface area contributed by atoms with Crippen LogP contribution in [0, 0.1) is 11.7 Å². The molecule has 0 saturated carbocycles. The summed E-state index contributed by atoms with van der Waals surface area (Å²) in [7, 11) is 0. The maximum atomic E-state index is 14.1. The van der Waals surface area contributed by atoms with Gasteiger partial charge in [0.05, 0.1) is 0 Å². The molecule has 162 valence electrons. The fourth-order valence-electron chi connectivity index (χ4n) is 4.67. The van der Waals surface area contributed by atoms with Crippen molar-refractivity contribution < 1.29 is 14.0 Å². The highest BCUT2D eigenvalue weighted by Gasteiger charge is 2.29. The van der Waals surface area contributed by atoms with Gasteiger partial charge in [-0.05, 0) is 48.1 Å². The normalized spacial score (nSPS) is 15.9. The van der Waals surface area contributed by atoms with Gasteiger partial charge < -0.3 is 15.6 Å². The number of aryl methyl sites for hydroxylation is 1. The van der Waals surface area contributed by atoms with Gasteiger partial charge in [0, 0.05) is 48.4 Å². The van der Waals surface area contributed by atoms with Gasteiger partial charge in [-0.15, -0.1) is 0 Å². The molecule has 0 bridgehead atoms. The number of hydrogen-bond donors (Lipinski definition) is 2. The number of aromatic nitrogens is 1. The average molecular weight is 422 g/mol. The second kappa shape index (κ2) is 8.92. The molecule has 1 aliphatic rings. The van der Waals surface area contributed by atoms with Gasteiger partial charge in [-0.3, -0.25) is 9.59 Å². The molecule has 0 spiro atoms. The van der Waals surface area contributed by atoms with Gasteiger partial charge in [0.1, 0.15) is 5.82 Å². The monoisotopic (exact) mass is 421 g/mol. The Morgan fingerprint density at radius 3 is 2.61 bits per heavy atom. The summed E-state index contributed by atoms with van der Waals surface area (Å²) in [6.45, 7) is 3.16. The van der Waals surface area contributed by atoms with Gasteiger partial charge >= 0.3 is 0 Å². The SMILES string of the molecule is CCc1cccc2c(C(CC(=O)N3CCC(C(N)=O)CC3)c3cccc(F)c3)c[nH]c12. The first-order chi connectivity index (χ1) is 15.0. The number of likely N-dealkylation sites (tertiary alicyclic amines) is 1. The number of benzene rings is 2. The number of halogens is 1. The average Bonchev–Trinajstić information content (AvgIpc) is 3.21. The van der Waals surface area contributed by atoms with E-state index in [9.17, 15) is 14.0 Å². The predicted molar refractivity (Wildman–Crippen MR) is 119 cm³/mol. The van der Waals surface area contributed by atoms with Crippen molar-refractivity contribution in [1.82, 2.24) is 9.88 Å². The molecule has 0 aliphatic carbocycles. The Balaban J connectivity index is 1.65. The van der Waals surface area contributed by atoms with Crippen molar-refractivity contribution in [2.75, 3.05) is 13.1 Å². The van der Waals surface area contributed by atoms with Crippen LogP contribution in [-0.4, -0.2) is 34.8 Å². The van der Waals surface area contributed by atoms with E-state index < -0.39 is 0 Å². The molecule has 2 amide bonds. The minimum Gasteiger partial charge on any atom is -0.369 e. The molecule has 5 nitrogen and oxygen atoms in total. The Morgan fingerprint density at radius 2 is 1.94 bits per heavy atom. The van der Waals surface area contributed by atoms with E-state index in [1.165, 1.54) is 17.7 Å². The third-order valence-electron chi connectivity index (χ3n) is 6.47. The Kier molecular flexibility index (Phi) is 6.07. The number of aromatic amines is 1. The third kappa shape index (κ3) is 4.33. The molecule has 1 unspecified atom stereocenters. The smallest absolute Gasteiger partial charge is 0.223 e. The first-order valence-corrected chi connectivity index (χ1v) is 10.9. The minimum absolute atomic E-state index is 0.0122. The van der Waals surface area contributed by atoms with E-state index in [1.807, 2.05) is 18.3 Å². The number of amides is 2. The van der Waals surface area contributed by atoms with Gasteiger partial charge in [-0.2, -0.15) is 0 Å². The fourth-order valence-corrected chi connectivity index (χ4v) is 4.67. The molecule has 1 aromatic heterocycles. The van der Waals surface area contributed by atoms with Crippen molar-refractivity contribution in [2.45, 2.75) is 38.5 Å². The van der Waals surface area contributed by atoms with E-state index in [-0.39, 0.29) is 35.9 Å². The first-order valence-electron chi connectivity index (χ1n) is 10.9. The quantitative estimate of drug-likeness (QED) is 0.628. The third-order valence-corrected chi connectivity index (χ3v) is 6.47. The Hall–Kier alpha value is -3.15. The van der Waals surface area contributed by atoms with Gasteiger partial charge in [-0.1, -0.05) is 37.3 Å². The lowest BCUT2D eigenvalue weighted by atomic mass is 9.87. The number of para-hydroxylation sites is 1. The van der Waals surface area contributed by atoms with Crippen LogP contribution in [0.1, 0.15) is 48.8 Å². The minimum atomic E-state index is -0.314. The molecule has 1 fully saturated rings. The molecule has 3 N–H and O–H groups in total. The number of primary amides is 1. The van der Waals surface area contributed by atoms with Gasteiger partial charge in [0.25, 0.3) is 0 Å². The maximum absolute atomic E-state index is 14.1. The molecule has 0 radical (unpaired) electrons. The molecule has 31 heavy (non-hydrogen) atoms. The molecular weight excluding hydrogens is 393 g/mol. The molecule has 4 rings (SSSR count). The van der Waals surface area contributed by atoms with Crippen LogP contribution in [-0.2, 0) is 16.0 Å². The molecule has 1 saturated heterocycles. The van der Waals surface area contributed by atoms with Crippen LogP contribution >= 0.6 is 0 Å². The zero-order valence-corrected chi connectivity index (χ0v) is 17.7. The van der Waals surface area contributed by atoms with E-state index >= 15 is 0 Å². The lowest BCUT2D eigenvalue weighted by Crippen LogP contribution is -2.42. The van der Waals surface area contributed by atoms with Crippen molar-refractivity contribution in [1.29, 1.82) is 0 Å². The van der Waals surface area contributed by atoms with Crippen molar-refractivity contribution in [3.8, 4) is 0 Å². The zero-order chi connectivity index (χ0) is 22.0. The highest BCUT2D eigenvalue weighted by molar-refractivity contribution is 5.88. The van der Waals surface area contributed by atoms with E-state index in [2.05, 4.69) is 24.0 Å². The highest BCUT2D eigenvalue weighted by atomic mass is 19.1. The van der Waals surface area contributed by atoms with Crippen molar-refractivity contribution >= 4 is 22.7 Å². The van der Waals surface area contributed by atoms with Crippen LogP contribution in [0.3, 0.4) is 0 Å². The van der Waals surface area contributed by atoms with Crippen LogP contribution in [0.15, 0.2) is 48.7 Å². The second-order valence-electron chi connectivity index (χ2n) is 8.31. The van der Waals surface area contributed by atoms with Crippen LogP contribution in [0.2, 0.25) is 0 Å². The summed E-state index contributed by atoms with van der Waals surface area (Å²) in [6, 6.07) is 12.7. The Labute approximate surface area is 181 Å². The van der Waals surface area contributed by atoms with Gasteiger partial charge in [-0.25, -0.2) is 4.39 Å². The van der Waals surface area contributed by atoms with Crippen LogP contribution in [0.4, 0.5) is 4.39 Å². The summed E-state index contributed by atoms with van der Waals surface area (Å²) < 4.78 is 14.1.